The Morgan fingerprint density at radius 1 is 1.14 bits per heavy atom. The third-order valence-corrected chi connectivity index (χ3v) is 4.12. The van der Waals surface area contributed by atoms with Gasteiger partial charge in [0.25, 0.3) is 0 Å². The molecule has 0 aliphatic carbocycles. The van der Waals surface area contributed by atoms with E-state index in [0.717, 1.165) is 10.00 Å². The van der Waals surface area contributed by atoms with Gasteiger partial charge in [0.15, 0.2) is 0 Å². The number of hydrogen-bond donors (Lipinski definition) is 2. The maximum absolute atomic E-state index is 11.7. The van der Waals surface area contributed by atoms with Crippen molar-refractivity contribution in [3.05, 3.63) is 48.4 Å². The van der Waals surface area contributed by atoms with Gasteiger partial charge < -0.3 is 5.32 Å². The Kier molecular flexibility index (Phi) is 4.71. The first-order chi connectivity index (χ1) is 9.97. The van der Waals surface area contributed by atoms with Gasteiger partial charge in [0.05, 0.1) is 24.1 Å². The van der Waals surface area contributed by atoms with Gasteiger partial charge in [-0.3, -0.25) is 9.71 Å². The van der Waals surface area contributed by atoms with Crippen molar-refractivity contribution in [2.75, 3.05) is 24.1 Å². The smallest absolute Gasteiger partial charge is 0.301 e. The van der Waals surface area contributed by atoms with Crippen LogP contribution in [0.1, 0.15) is 5.69 Å². The summed E-state index contributed by atoms with van der Waals surface area (Å²) in [7, 11) is -0.593. The Morgan fingerprint density at radius 2 is 1.95 bits per heavy atom. The highest BCUT2D eigenvalue weighted by atomic mass is 32.2. The Morgan fingerprint density at radius 3 is 2.52 bits per heavy atom. The minimum atomic E-state index is -3.51. The third kappa shape index (κ3) is 4.40. The molecule has 0 atom stereocenters. The van der Waals surface area contributed by atoms with Crippen molar-refractivity contribution in [3.8, 4) is 0 Å². The summed E-state index contributed by atoms with van der Waals surface area (Å²) in [5.74, 6) is 0.647. The number of nitrogens with one attached hydrogen (secondary N) is 2. The number of anilines is 2. The van der Waals surface area contributed by atoms with Gasteiger partial charge in [-0.1, -0.05) is 6.07 Å². The van der Waals surface area contributed by atoms with Crippen LogP contribution in [0.4, 0.5) is 11.5 Å². The molecule has 2 aromatic heterocycles. The number of pyridine rings is 2. The molecule has 0 unspecified atom stereocenters. The molecule has 2 aromatic rings. The maximum Gasteiger partial charge on any atom is 0.301 e. The van der Waals surface area contributed by atoms with E-state index in [-0.39, 0.29) is 0 Å². The van der Waals surface area contributed by atoms with Crippen LogP contribution in [0.3, 0.4) is 0 Å². The van der Waals surface area contributed by atoms with E-state index in [9.17, 15) is 8.42 Å². The van der Waals surface area contributed by atoms with Crippen molar-refractivity contribution in [1.82, 2.24) is 14.3 Å². The predicted octanol–water partition coefficient (Wildman–Crippen LogP) is 1.31. The zero-order chi connectivity index (χ0) is 15.3. The Balaban J connectivity index is 1.96. The largest absolute Gasteiger partial charge is 0.364 e. The molecule has 112 valence electrons. The number of aromatic nitrogens is 2. The number of rotatable bonds is 6. The summed E-state index contributed by atoms with van der Waals surface area (Å²) in [6, 6.07) is 9.03. The SMILES string of the molecule is CN(C)S(=O)(=O)Nc1ccc(NCc2ccccn2)nc1. The lowest BCUT2D eigenvalue weighted by atomic mass is 10.3. The second-order valence-corrected chi connectivity index (χ2v) is 6.38. The molecule has 0 radical (unpaired) electrons. The van der Waals surface area contributed by atoms with Gasteiger partial charge in [-0.2, -0.15) is 12.7 Å². The average molecular weight is 307 g/mol. The molecule has 0 amide bonds. The fraction of sp³-hybridized carbons (Fsp3) is 0.231. The standard InChI is InChI=1S/C13H17N5O2S/c1-18(2)21(19,20)17-12-6-7-13(16-10-12)15-9-11-5-3-4-8-14-11/h3-8,10,17H,9H2,1-2H3,(H,15,16). The first-order valence-electron chi connectivity index (χ1n) is 6.27. The van der Waals surface area contributed by atoms with E-state index in [4.69, 9.17) is 0 Å². The quantitative estimate of drug-likeness (QED) is 0.840. The molecular weight excluding hydrogens is 290 g/mol. The monoisotopic (exact) mass is 307 g/mol. The molecule has 2 N–H and O–H groups in total. The second-order valence-electron chi connectivity index (χ2n) is 4.50. The Labute approximate surface area is 124 Å². The second kappa shape index (κ2) is 6.51. The Bertz CT molecular complexity index is 671. The van der Waals surface area contributed by atoms with Crippen molar-refractivity contribution < 1.29 is 8.42 Å². The van der Waals surface area contributed by atoms with E-state index in [0.29, 0.717) is 18.1 Å². The van der Waals surface area contributed by atoms with Crippen LogP contribution in [0.25, 0.3) is 0 Å². The van der Waals surface area contributed by atoms with Crippen LogP contribution in [0, 0.1) is 0 Å². The fourth-order valence-electron chi connectivity index (χ4n) is 1.48. The molecule has 2 heterocycles. The lowest BCUT2D eigenvalue weighted by Gasteiger charge is -2.13. The van der Waals surface area contributed by atoms with Crippen LogP contribution in [-0.2, 0) is 16.8 Å². The summed E-state index contributed by atoms with van der Waals surface area (Å²) in [5.41, 5.74) is 1.31. The molecule has 0 aliphatic rings. The van der Waals surface area contributed by atoms with Crippen molar-refractivity contribution in [1.29, 1.82) is 0 Å². The average Bonchev–Trinajstić information content (AvgIpc) is 2.47. The molecule has 0 bridgehead atoms. The van der Waals surface area contributed by atoms with E-state index >= 15 is 0 Å². The van der Waals surface area contributed by atoms with Crippen LogP contribution in [0.2, 0.25) is 0 Å². The highest BCUT2D eigenvalue weighted by molar-refractivity contribution is 7.90. The van der Waals surface area contributed by atoms with Crippen LogP contribution >= 0.6 is 0 Å². The molecule has 7 nitrogen and oxygen atoms in total. The molecule has 0 fully saturated rings. The normalized spacial score (nSPS) is 11.4. The maximum atomic E-state index is 11.7. The molecule has 2 rings (SSSR count). The molecule has 8 heteroatoms. The predicted molar refractivity (Wildman–Crippen MR) is 82.0 cm³/mol. The highest BCUT2D eigenvalue weighted by Crippen LogP contribution is 2.12. The third-order valence-electron chi connectivity index (χ3n) is 2.67. The molecule has 0 saturated heterocycles. The minimum Gasteiger partial charge on any atom is -0.364 e. The van der Waals surface area contributed by atoms with Crippen LogP contribution < -0.4 is 10.0 Å². The van der Waals surface area contributed by atoms with Crippen LogP contribution in [0.5, 0.6) is 0 Å². The van der Waals surface area contributed by atoms with E-state index in [2.05, 4.69) is 20.0 Å². The molecule has 0 aromatic carbocycles. The van der Waals surface area contributed by atoms with Gasteiger partial charge in [0.2, 0.25) is 0 Å². The molecule has 0 saturated carbocycles. The highest BCUT2D eigenvalue weighted by Gasteiger charge is 2.12. The lowest BCUT2D eigenvalue weighted by molar-refractivity contribution is 0.527. The fourth-order valence-corrected chi connectivity index (χ4v) is 2.08. The molecule has 0 spiro atoms. The van der Waals surface area contributed by atoms with Gasteiger partial charge in [-0.25, -0.2) is 4.98 Å². The van der Waals surface area contributed by atoms with Gasteiger partial charge in [-0.15, -0.1) is 0 Å². The zero-order valence-electron chi connectivity index (χ0n) is 11.8. The summed E-state index contributed by atoms with van der Waals surface area (Å²) in [6.07, 6.45) is 3.19. The Hall–Kier alpha value is -2.19. The van der Waals surface area contributed by atoms with Crippen molar-refractivity contribution >= 4 is 21.7 Å². The first kappa shape index (κ1) is 15.2. The van der Waals surface area contributed by atoms with Gasteiger partial charge in [0.1, 0.15) is 5.82 Å². The van der Waals surface area contributed by atoms with E-state index < -0.39 is 10.2 Å². The summed E-state index contributed by atoms with van der Waals surface area (Å²) in [5, 5.41) is 3.11. The molecular formula is C13H17N5O2S. The summed E-state index contributed by atoms with van der Waals surface area (Å²) < 4.78 is 26.8. The van der Waals surface area contributed by atoms with E-state index in [1.165, 1.54) is 20.3 Å². The summed E-state index contributed by atoms with van der Waals surface area (Å²) in [4.78, 5) is 8.34. The number of hydrogen-bond acceptors (Lipinski definition) is 5. The van der Waals surface area contributed by atoms with Gasteiger partial charge in [-0.05, 0) is 24.3 Å². The topological polar surface area (TPSA) is 87.2 Å². The first-order valence-corrected chi connectivity index (χ1v) is 7.71. The van der Waals surface area contributed by atoms with Crippen LogP contribution in [-0.4, -0.2) is 36.8 Å². The van der Waals surface area contributed by atoms with Crippen molar-refractivity contribution in [2.45, 2.75) is 6.54 Å². The minimum absolute atomic E-state index is 0.409. The van der Waals surface area contributed by atoms with E-state index in [1.54, 1.807) is 18.3 Å². The molecule has 21 heavy (non-hydrogen) atoms. The number of nitrogens with zero attached hydrogens (tertiary/aromatic N) is 3. The van der Waals surface area contributed by atoms with Gasteiger partial charge >= 0.3 is 10.2 Å². The van der Waals surface area contributed by atoms with Crippen LogP contribution in [0.15, 0.2) is 42.7 Å². The molecule has 0 aliphatic heterocycles. The van der Waals surface area contributed by atoms with Crippen molar-refractivity contribution in [3.63, 3.8) is 0 Å². The zero-order valence-corrected chi connectivity index (χ0v) is 12.6. The lowest BCUT2D eigenvalue weighted by Crippen LogP contribution is -2.28. The summed E-state index contributed by atoms with van der Waals surface area (Å²) >= 11 is 0. The summed E-state index contributed by atoms with van der Waals surface area (Å²) in [6.45, 7) is 0.552. The van der Waals surface area contributed by atoms with E-state index in [1.807, 2.05) is 18.2 Å². The van der Waals surface area contributed by atoms with Gasteiger partial charge in [0, 0.05) is 20.3 Å². The van der Waals surface area contributed by atoms with Crippen molar-refractivity contribution in [2.24, 2.45) is 0 Å².